The number of amides is 1. The first kappa shape index (κ1) is 23.4. The highest BCUT2D eigenvalue weighted by atomic mass is 35.5. The molecule has 0 unspecified atom stereocenters. The molecule has 3 aromatic rings. The zero-order valence-corrected chi connectivity index (χ0v) is 18.1. The second-order valence-electron chi connectivity index (χ2n) is 6.76. The van der Waals surface area contributed by atoms with Gasteiger partial charge in [0, 0.05) is 17.2 Å². The van der Waals surface area contributed by atoms with Crippen molar-refractivity contribution in [2.45, 2.75) is 6.92 Å². The molecular formula is C23H18ClN3O6. The number of esters is 1. The third-order valence-electron chi connectivity index (χ3n) is 4.28. The van der Waals surface area contributed by atoms with Crippen LogP contribution in [0.25, 0.3) is 0 Å². The number of nitrogens with one attached hydrogen (secondary N) is 1. The molecule has 10 heteroatoms. The number of nitro benzene ring substituents is 1. The van der Waals surface area contributed by atoms with E-state index in [1.165, 1.54) is 30.5 Å². The molecule has 1 N–H and O–H groups in total. The molecule has 3 rings (SSSR count). The Hall–Kier alpha value is -4.24. The van der Waals surface area contributed by atoms with Gasteiger partial charge in [-0.2, -0.15) is 5.10 Å². The number of hydrogen-bond acceptors (Lipinski definition) is 7. The second kappa shape index (κ2) is 10.9. The molecule has 0 spiro atoms. The number of nitrogens with zero attached hydrogens (tertiary/aromatic N) is 2. The van der Waals surface area contributed by atoms with E-state index in [0.29, 0.717) is 16.3 Å². The Balaban J connectivity index is 1.52. The molecule has 1 amide bonds. The smallest absolute Gasteiger partial charge is 0.343 e. The van der Waals surface area contributed by atoms with Gasteiger partial charge < -0.3 is 9.47 Å². The van der Waals surface area contributed by atoms with Crippen molar-refractivity contribution in [3.8, 4) is 11.5 Å². The Morgan fingerprint density at radius 1 is 1.09 bits per heavy atom. The van der Waals surface area contributed by atoms with Crippen LogP contribution in [0.2, 0.25) is 5.02 Å². The first-order valence-corrected chi connectivity index (χ1v) is 9.97. The molecule has 0 saturated heterocycles. The summed E-state index contributed by atoms with van der Waals surface area (Å²) in [7, 11) is 0. The fourth-order valence-corrected chi connectivity index (χ4v) is 2.73. The van der Waals surface area contributed by atoms with Gasteiger partial charge in [0.1, 0.15) is 11.5 Å². The molecule has 33 heavy (non-hydrogen) atoms. The Morgan fingerprint density at radius 3 is 2.55 bits per heavy atom. The Bertz CT molecular complexity index is 1210. The number of nitro groups is 1. The van der Waals surface area contributed by atoms with Crippen molar-refractivity contribution in [3.05, 3.63) is 98.6 Å². The molecule has 0 radical (unpaired) electrons. The molecule has 0 saturated carbocycles. The number of carbonyl (C=O) groups excluding carboxylic acids is 2. The number of hydrogen-bond donors (Lipinski definition) is 1. The Morgan fingerprint density at radius 2 is 1.85 bits per heavy atom. The Kier molecular flexibility index (Phi) is 7.72. The summed E-state index contributed by atoms with van der Waals surface area (Å²) in [5, 5.41) is 15.2. The van der Waals surface area contributed by atoms with Gasteiger partial charge in [0.25, 0.3) is 11.6 Å². The van der Waals surface area contributed by atoms with Crippen LogP contribution >= 0.6 is 11.6 Å². The zero-order chi connectivity index (χ0) is 23.8. The highest BCUT2D eigenvalue weighted by Crippen LogP contribution is 2.21. The van der Waals surface area contributed by atoms with Crippen molar-refractivity contribution in [1.82, 2.24) is 5.43 Å². The van der Waals surface area contributed by atoms with Crippen LogP contribution in [0.5, 0.6) is 11.5 Å². The van der Waals surface area contributed by atoms with Crippen LogP contribution < -0.4 is 14.9 Å². The predicted octanol–water partition coefficient (Wildman–Crippen LogP) is 4.30. The summed E-state index contributed by atoms with van der Waals surface area (Å²) < 4.78 is 10.7. The maximum absolute atomic E-state index is 12.2. The maximum Gasteiger partial charge on any atom is 0.343 e. The van der Waals surface area contributed by atoms with E-state index in [1.54, 1.807) is 42.5 Å². The average molecular weight is 468 g/mol. The standard InChI is InChI=1S/C23H18ClN3O6/c1-15-11-19(9-10-21(15)24)32-14-22(28)26-25-13-16-3-2-4-20(12-16)33-23(29)17-5-7-18(8-6-17)27(30)31/h2-13H,14H2,1H3,(H,26,28)/b25-13+. The number of rotatable bonds is 8. The fourth-order valence-electron chi connectivity index (χ4n) is 2.61. The van der Waals surface area contributed by atoms with Crippen LogP contribution in [0.4, 0.5) is 5.69 Å². The van der Waals surface area contributed by atoms with Gasteiger partial charge in [-0.05, 0) is 60.5 Å². The predicted molar refractivity (Wildman–Crippen MR) is 122 cm³/mol. The zero-order valence-electron chi connectivity index (χ0n) is 17.4. The summed E-state index contributed by atoms with van der Waals surface area (Å²) in [6.07, 6.45) is 1.38. The van der Waals surface area contributed by atoms with E-state index in [4.69, 9.17) is 21.1 Å². The monoisotopic (exact) mass is 467 g/mol. The number of ether oxygens (including phenoxy) is 2. The van der Waals surface area contributed by atoms with Crippen LogP contribution in [0, 0.1) is 17.0 Å². The topological polar surface area (TPSA) is 120 Å². The van der Waals surface area contributed by atoms with E-state index in [2.05, 4.69) is 10.5 Å². The van der Waals surface area contributed by atoms with E-state index >= 15 is 0 Å². The number of halogens is 1. The van der Waals surface area contributed by atoms with Crippen molar-refractivity contribution in [1.29, 1.82) is 0 Å². The number of hydrazone groups is 1. The van der Waals surface area contributed by atoms with Gasteiger partial charge in [-0.25, -0.2) is 10.2 Å². The Labute approximate surface area is 193 Å². The van der Waals surface area contributed by atoms with Gasteiger partial charge in [0.15, 0.2) is 6.61 Å². The lowest BCUT2D eigenvalue weighted by molar-refractivity contribution is -0.384. The minimum Gasteiger partial charge on any atom is -0.484 e. The minimum atomic E-state index is -0.665. The highest BCUT2D eigenvalue weighted by Gasteiger charge is 2.12. The number of benzene rings is 3. The summed E-state index contributed by atoms with van der Waals surface area (Å²) in [5.41, 5.74) is 3.79. The lowest BCUT2D eigenvalue weighted by Crippen LogP contribution is -2.24. The number of aryl methyl sites for hydroxylation is 1. The van der Waals surface area contributed by atoms with Gasteiger partial charge >= 0.3 is 5.97 Å². The molecule has 3 aromatic carbocycles. The van der Waals surface area contributed by atoms with Gasteiger partial charge in [-0.15, -0.1) is 0 Å². The molecule has 0 aromatic heterocycles. The quantitative estimate of drug-likeness (QED) is 0.173. The number of carbonyl (C=O) groups is 2. The molecule has 0 aliphatic carbocycles. The van der Waals surface area contributed by atoms with Crippen LogP contribution in [0.1, 0.15) is 21.5 Å². The molecule has 0 atom stereocenters. The molecule has 0 bridgehead atoms. The molecule has 168 valence electrons. The van der Waals surface area contributed by atoms with Gasteiger partial charge in [-0.1, -0.05) is 23.7 Å². The number of non-ortho nitro benzene ring substituents is 1. The molecule has 9 nitrogen and oxygen atoms in total. The van der Waals surface area contributed by atoms with Crippen molar-refractivity contribution in [2.75, 3.05) is 6.61 Å². The molecule has 0 aliphatic heterocycles. The lowest BCUT2D eigenvalue weighted by atomic mass is 10.2. The van der Waals surface area contributed by atoms with Crippen molar-refractivity contribution < 1.29 is 24.0 Å². The average Bonchev–Trinajstić information content (AvgIpc) is 2.80. The van der Waals surface area contributed by atoms with E-state index in [9.17, 15) is 19.7 Å². The van der Waals surface area contributed by atoms with E-state index in [1.807, 2.05) is 6.92 Å². The van der Waals surface area contributed by atoms with Gasteiger partial charge in [0.05, 0.1) is 16.7 Å². The third-order valence-corrected chi connectivity index (χ3v) is 4.71. The first-order chi connectivity index (χ1) is 15.8. The van der Waals surface area contributed by atoms with Crippen LogP contribution in [0.15, 0.2) is 71.8 Å². The summed E-state index contributed by atoms with van der Waals surface area (Å²) in [6, 6.07) is 16.6. The molecule has 0 fully saturated rings. The molecular weight excluding hydrogens is 450 g/mol. The summed E-state index contributed by atoms with van der Waals surface area (Å²) in [6.45, 7) is 1.60. The summed E-state index contributed by atoms with van der Waals surface area (Å²) in [4.78, 5) is 34.3. The van der Waals surface area contributed by atoms with Crippen LogP contribution in [0.3, 0.4) is 0 Å². The summed E-state index contributed by atoms with van der Waals surface area (Å²) in [5.74, 6) is -0.366. The van der Waals surface area contributed by atoms with E-state index < -0.39 is 16.8 Å². The van der Waals surface area contributed by atoms with Crippen molar-refractivity contribution >= 4 is 35.4 Å². The van der Waals surface area contributed by atoms with Crippen LogP contribution in [-0.4, -0.2) is 29.6 Å². The maximum atomic E-state index is 12.2. The third kappa shape index (κ3) is 6.88. The van der Waals surface area contributed by atoms with Crippen LogP contribution in [-0.2, 0) is 4.79 Å². The van der Waals surface area contributed by atoms with E-state index in [0.717, 1.165) is 5.56 Å². The first-order valence-electron chi connectivity index (χ1n) is 9.59. The van der Waals surface area contributed by atoms with E-state index in [-0.39, 0.29) is 23.6 Å². The van der Waals surface area contributed by atoms with Gasteiger partial charge in [-0.3, -0.25) is 14.9 Å². The lowest BCUT2D eigenvalue weighted by Gasteiger charge is -2.07. The molecule has 0 aliphatic rings. The van der Waals surface area contributed by atoms with Crippen molar-refractivity contribution in [3.63, 3.8) is 0 Å². The minimum absolute atomic E-state index is 0.125. The normalized spacial score (nSPS) is 10.6. The second-order valence-corrected chi connectivity index (χ2v) is 7.17. The summed E-state index contributed by atoms with van der Waals surface area (Å²) >= 11 is 5.95. The largest absolute Gasteiger partial charge is 0.484 e. The van der Waals surface area contributed by atoms with Gasteiger partial charge in [0.2, 0.25) is 0 Å². The van der Waals surface area contributed by atoms with Crippen molar-refractivity contribution in [2.24, 2.45) is 5.10 Å². The molecule has 0 heterocycles. The highest BCUT2D eigenvalue weighted by molar-refractivity contribution is 6.31. The SMILES string of the molecule is Cc1cc(OCC(=O)N/N=C/c2cccc(OC(=O)c3ccc([N+](=O)[O-])cc3)c2)ccc1Cl. The fraction of sp³-hybridized carbons (Fsp3) is 0.0870.